The summed E-state index contributed by atoms with van der Waals surface area (Å²) >= 11 is 0. The van der Waals surface area contributed by atoms with Crippen molar-refractivity contribution < 1.29 is 26.8 Å². The molecule has 0 saturated carbocycles. The maximum atomic E-state index is 8.36. The molecule has 6 heteroatoms. The van der Waals surface area contributed by atoms with Gasteiger partial charge in [0, 0.05) is 16.5 Å². The first-order valence-electron chi connectivity index (χ1n) is 0.565. The normalized spacial score (nSPS) is 4.00. The van der Waals surface area contributed by atoms with Gasteiger partial charge in [-0.1, -0.05) is 0 Å². The Morgan fingerprint density at radius 1 is 1.67 bits per heavy atom. The van der Waals surface area contributed by atoms with Gasteiger partial charge in [0.1, 0.15) is 0 Å². The molecule has 0 radical (unpaired) electrons. The maximum absolute atomic E-state index is 8.36. The second-order valence-electron chi connectivity index (χ2n) is 0.238. The zero-order valence-corrected chi connectivity index (χ0v) is 3.72. The average molecular weight is 139 g/mol. The van der Waals surface area contributed by atoms with Crippen molar-refractivity contribution in [2.75, 3.05) is 0 Å². The summed E-state index contributed by atoms with van der Waals surface area (Å²) in [6.45, 7) is 0. The van der Waals surface area contributed by atoms with Gasteiger partial charge in [-0.05, 0) is 0 Å². The van der Waals surface area contributed by atoms with Crippen LogP contribution >= 0.6 is 0 Å². The Balaban J connectivity index is -0.0000000450. The largest absolute Gasteiger partial charge is 0.344 e. The topological polar surface area (TPSA) is 98.4 Å². The van der Waals surface area contributed by atoms with Gasteiger partial charge in [0.05, 0.1) is 0 Å². The summed E-state index contributed by atoms with van der Waals surface area (Å²) in [4.78, 5) is 8.36. The molecule has 0 aliphatic heterocycles. The second-order valence-corrected chi connectivity index (χ2v) is 0.238. The van der Waals surface area contributed by atoms with Crippen molar-refractivity contribution >= 4 is 0 Å². The first-order chi connectivity index (χ1) is 1.73. The number of hydrogen-bond donors (Lipinski definition) is 2. The third kappa shape index (κ3) is 214. The molecule has 0 heterocycles. The van der Waals surface area contributed by atoms with E-state index in [0.717, 1.165) is 0 Å². The Labute approximate surface area is 44.0 Å². The molecule has 0 saturated heterocycles. The van der Waals surface area contributed by atoms with E-state index in [0.29, 0.717) is 0 Å². The molecule has 0 unspecified atom stereocenters. The van der Waals surface area contributed by atoms with E-state index in [1.165, 1.54) is 0 Å². The quantitative estimate of drug-likeness (QED) is 0.276. The molecular weight excluding hydrogens is 135 g/mol. The standard InChI is InChI=1S/HNO3.H3N.Ni/c2-1(3)4;;/h(H,2,3,4);1H3;. The summed E-state index contributed by atoms with van der Waals surface area (Å²) in [6, 6.07) is 0. The van der Waals surface area contributed by atoms with Crippen LogP contribution in [0.25, 0.3) is 0 Å². The van der Waals surface area contributed by atoms with Crippen molar-refractivity contribution in [2.45, 2.75) is 0 Å². The molecule has 0 aliphatic carbocycles. The zero-order chi connectivity index (χ0) is 3.58. The summed E-state index contributed by atoms with van der Waals surface area (Å²) in [5.74, 6) is 0. The average Bonchev–Trinajstić information content (AvgIpc) is 0.811. The summed E-state index contributed by atoms with van der Waals surface area (Å²) in [7, 11) is 0. The van der Waals surface area contributed by atoms with Crippen molar-refractivity contribution in [1.82, 2.24) is 6.15 Å². The predicted octanol–water partition coefficient (Wildman–Crippen LogP) is -0.188. The zero-order valence-electron chi connectivity index (χ0n) is 2.73. The molecule has 0 aliphatic rings. The minimum Gasteiger partial charge on any atom is -0.344 e. The molecule has 0 fully saturated rings. The molecule has 4 N–H and O–H groups in total. The summed E-state index contributed by atoms with van der Waals surface area (Å²) in [6.07, 6.45) is 0. The molecule has 42 valence electrons. The van der Waals surface area contributed by atoms with E-state index in [1.54, 1.807) is 0 Å². The van der Waals surface area contributed by atoms with E-state index < -0.39 is 5.09 Å². The van der Waals surface area contributed by atoms with E-state index in [2.05, 4.69) is 0 Å². The number of rotatable bonds is 0. The van der Waals surface area contributed by atoms with Crippen LogP contribution in [0.15, 0.2) is 0 Å². The van der Waals surface area contributed by atoms with E-state index in [-0.39, 0.29) is 22.6 Å². The first-order valence-corrected chi connectivity index (χ1v) is 0.565. The Hall–Kier alpha value is -0.346. The van der Waals surface area contributed by atoms with Gasteiger partial charge in [-0.25, -0.2) is 0 Å². The number of nitrogens with zero attached hydrogens (tertiary/aromatic N) is 1. The van der Waals surface area contributed by atoms with Crippen LogP contribution in [-0.2, 0) is 16.5 Å². The van der Waals surface area contributed by atoms with Gasteiger partial charge >= 0.3 is 0 Å². The van der Waals surface area contributed by atoms with Gasteiger partial charge in [0.2, 0.25) is 0 Å². The predicted molar refractivity (Wildman–Crippen MR) is 13.8 cm³/mol. The first kappa shape index (κ1) is 17.4. The fraction of sp³-hybridized carbons (Fsp3) is 0. The Morgan fingerprint density at radius 2 is 1.67 bits per heavy atom. The van der Waals surface area contributed by atoms with Crippen molar-refractivity contribution in [3.63, 3.8) is 0 Å². The van der Waals surface area contributed by atoms with Crippen LogP contribution < -0.4 is 6.15 Å². The van der Waals surface area contributed by atoms with Gasteiger partial charge in [-0.15, -0.1) is 10.1 Å². The van der Waals surface area contributed by atoms with Crippen LogP contribution in [0.3, 0.4) is 0 Å². The van der Waals surface area contributed by atoms with Crippen LogP contribution in [0.1, 0.15) is 0 Å². The fourth-order valence-electron chi connectivity index (χ4n) is 0. The van der Waals surface area contributed by atoms with Gasteiger partial charge in [0.25, 0.3) is 5.09 Å². The van der Waals surface area contributed by atoms with Gasteiger partial charge in [-0.3, -0.25) is 0 Å². The summed E-state index contributed by atoms with van der Waals surface area (Å²) in [5.41, 5.74) is 0. The molecule has 0 aromatic heterocycles. The molecule has 0 amide bonds. The molecular formula is H4N2NiO3. The Kier molecular flexibility index (Phi) is 25.6. The molecule has 0 bridgehead atoms. The number of hydrogen-bond acceptors (Lipinski definition) is 3. The summed E-state index contributed by atoms with van der Waals surface area (Å²) < 4.78 is 0. The van der Waals surface area contributed by atoms with E-state index in [9.17, 15) is 0 Å². The van der Waals surface area contributed by atoms with E-state index in [1.807, 2.05) is 0 Å². The smallest absolute Gasteiger partial charge is 0.291 e. The maximum Gasteiger partial charge on any atom is 0.291 e. The van der Waals surface area contributed by atoms with Crippen molar-refractivity contribution in [3.05, 3.63) is 10.1 Å². The Morgan fingerprint density at radius 3 is 1.67 bits per heavy atom. The monoisotopic (exact) mass is 138 g/mol. The summed E-state index contributed by atoms with van der Waals surface area (Å²) in [5, 5.41) is 13.6. The van der Waals surface area contributed by atoms with Crippen molar-refractivity contribution in [2.24, 2.45) is 0 Å². The van der Waals surface area contributed by atoms with Crippen LogP contribution in [0.5, 0.6) is 0 Å². The fourth-order valence-corrected chi connectivity index (χ4v) is 0. The van der Waals surface area contributed by atoms with Gasteiger partial charge in [-0.2, -0.15) is 0 Å². The molecule has 0 aromatic rings. The van der Waals surface area contributed by atoms with Crippen molar-refractivity contribution in [3.8, 4) is 0 Å². The molecule has 0 spiro atoms. The third-order valence-electron chi connectivity index (χ3n) is 0. The van der Waals surface area contributed by atoms with Crippen LogP contribution in [0, 0.1) is 10.1 Å². The van der Waals surface area contributed by atoms with Crippen molar-refractivity contribution in [1.29, 1.82) is 0 Å². The molecule has 0 atom stereocenters. The molecule has 0 rings (SSSR count). The van der Waals surface area contributed by atoms with E-state index in [4.69, 9.17) is 15.3 Å². The van der Waals surface area contributed by atoms with Crippen LogP contribution in [-0.4, -0.2) is 10.3 Å². The van der Waals surface area contributed by atoms with Gasteiger partial charge in [0.15, 0.2) is 0 Å². The Bertz CT molecular complexity index is 31.8. The molecule has 5 nitrogen and oxygen atoms in total. The molecule has 6 heavy (non-hydrogen) atoms. The third-order valence-corrected chi connectivity index (χ3v) is 0. The second kappa shape index (κ2) is 8.82. The minimum atomic E-state index is -1.50. The SMILES string of the molecule is N.O=[N+]([O-])O.[Ni]. The minimum absolute atomic E-state index is 0. The molecule has 0 aromatic carbocycles. The van der Waals surface area contributed by atoms with Gasteiger partial charge < -0.3 is 11.4 Å². The van der Waals surface area contributed by atoms with Crippen LogP contribution in [0.4, 0.5) is 0 Å². The van der Waals surface area contributed by atoms with E-state index >= 15 is 0 Å². The van der Waals surface area contributed by atoms with Crippen LogP contribution in [0.2, 0.25) is 0 Å².